The Morgan fingerprint density at radius 2 is 2.31 bits per heavy atom. The fourth-order valence-corrected chi connectivity index (χ4v) is 1.07. The topological polar surface area (TPSA) is 54.0 Å². The first-order valence-electron chi connectivity index (χ1n) is 5.26. The highest BCUT2D eigenvalue weighted by atomic mass is 19.1. The van der Waals surface area contributed by atoms with Crippen LogP contribution in [0, 0.1) is 5.95 Å². The molecule has 0 aliphatic carbocycles. The van der Waals surface area contributed by atoms with E-state index in [0.29, 0.717) is 11.7 Å². The number of nitrogens with zero attached hydrogens (tertiary/aromatic N) is 1. The average Bonchev–Trinajstić information content (AvgIpc) is 2.29. The Morgan fingerprint density at radius 1 is 1.56 bits per heavy atom. The van der Waals surface area contributed by atoms with Crippen molar-refractivity contribution in [2.75, 3.05) is 11.9 Å². The molecule has 16 heavy (non-hydrogen) atoms. The molecule has 0 fully saturated rings. The van der Waals surface area contributed by atoms with E-state index in [1.807, 2.05) is 13.8 Å². The van der Waals surface area contributed by atoms with Crippen molar-refractivity contribution in [2.45, 2.75) is 26.3 Å². The van der Waals surface area contributed by atoms with Crippen LogP contribution in [-0.4, -0.2) is 23.5 Å². The Bertz CT molecular complexity index is 340. The van der Waals surface area contributed by atoms with Gasteiger partial charge in [-0.15, -0.1) is 0 Å². The predicted molar refractivity (Wildman–Crippen MR) is 60.6 cm³/mol. The van der Waals surface area contributed by atoms with E-state index in [1.54, 1.807) is 0 Å². The minimum atomic E-state index is -0.560. The quantitative estimate of drug-likeness (QED) is 0.747. The number of amides is 1. The van der Waals surface area contributed by atoms with Crippen molar-refractivity contribution < 1.29 is 9.18 Å². The molecule has 1 unspecified atom stereocenters. The van der Waals surface area contributed by atoms with E-state index in [9.17, 15) is 9.18 Å². The molecule has 1 amide bonds. The molecule has 1 rings (SSSR count). The zero-order chi connectivity index (χ0) is 12.0. The fourth-order valence-electron chi connectivity index (χ4n) is 1.07. The van der Waals surface area contributed by atoms with Gasteiger partial charge in [-0.3, -0.25) is 4.79 Å². The summed E-state index contributed by atoms with van der Waals surface area (Å²) < 4.78 is 12.5. The SMILES string of the molecule is CCC(C)NCC(=O)Nc1ccc(F)nc1. The standard InChI is InChI=1S/C11H16FN3O/c1-3-8(2)13-7-11(16)15-9-4-5-10(12)14-6-9/h4-6,8,13H,3,7H2,1-2H3,(H,15,16). The Labute approximate surface area is 94.3 Å². The fraction of sp³-hybridized carbons (Fsp3) is 0.455. The van der Waals surface area contributed by atoms with E-state index in [2.05, 4.69) is 15.6 Å². The van der Waals surface area contributed by atoms with Crippen LogP contribution in [0.5, 0.6) is 0 Å². The molecule has 0 bridgehead atoms. The molecule has 1 aromatic heterocycles. The zero-order valence-corrected chi connectivity index (χ0v) is 9.46. The van der Waals surface area contributed by atoms with Crippen LogP contribution >= 0.6 is 0 Å². The van der Waals surface area contributed by atoms with Crippen molar-refractivity contribution in [1.82, 2.24) is 10.3 Å². The number of hydrogen-bond acceptors (Lipinski definition) is 3. The molecule has 0 aliphatic rings. The lowest BCUT2D eigenvalue weighted by Crippen LogP contribution is -2.33. The van der Waals surface area contributed by atoms with Crippen LogP contribution in [0.15, 0.2) is 18.3 Å². The summed E-state index contributed by atoms with van der Waals surface area (Å²) in [5, 5.41) is 5.68. The highest BCUT2D eigenvalue weighted by Crippen LogP contribution is 2.04. The number of hydrogen-bond donors (Lipinski definition) is 2. The summed E-state index contributed by atoms with van der Waals surface area (Å²) in [5.41, 5.74) is 0.498. The van der Waals surface area contributed by atoms with Crippen LogP contribution in [0.1, 0.15) is 20.3 Å². The monoisotopic (exact) mass is 225 g/mol. The minimum absolute atomic E-state index is 0.159. The number of nitrogens with one attached hydrogen (secondary N) is 2. The highest BCUT2D eigenvalue weighted by Gasteiger charge is 2.04. The maximum absolute atomic E-state index is 12.5. The zero-order valence-electron chi connectivity index (χ0n) is 9.46. The minimum Gasteiger partial charge on any atom is -0.324 e. The number of aromatic nitrogens is 1. The Balaban J connectivity index is 2.37. The molecule has 0 saturated carbocycles. The largest absolute Gasteiger partial charge is 0.324 e. The first kappa shape index (κ1) is 12.6. The summed E-state index contributed by atoms with van der Waals surface area (Å²) in [6, 6.07) is 2.98. The van der Waals surface area contributed by atoms with Gasteiger partial charge in [0.2, 0.25) is 11.9 Å². The van der Waals surface area contributed by atoms with Crippen LogP contribution in [0.2, 0.25) is 0 Å². The summed E-state index contributed by atoms with van der Waals surface area (Å²) in [7, 11) is 0. The summed E-state index contributed by atoms with van der Waals surface area (Å²) in [6.07, 6.45) is 2.25. The van der Waals surface area contributed by atoms with Gasteiger partial charge in [-0.2, -0.15) is 4.39 Å². The predicted octanol–water partition coefficient (Wildman–Crippen LogP) is 1.55. The molecule has 1 aromatic rings. The number of carbonyl (C=O) groups is 1. The van der Waals surface area contributed by atoms with Gasteiger partial charge < -0.3 is 10.6 Å². The van der Waals surface area contributed by atoms with E-state index >= 15 is 0 Å². The second-order valence-corrected chi connectivity index (χ2v) is 3.61. The molecular weight excluding hydrogens is 209 g/mol. The van der Waals surface area contributed by atoms with Gasteiger partial charge >= 0.3 is 0 Å². The van der Waals surface area contributed by atoms with E-state index in [1.165, 1.54) is 18.3 Å². The van der Waals surface area contributed by atoms with Crippen molar-refractivity contribution in [2.24, 2.45) is 0 Å². The van der Waals surface area contributed by atoms with Crippen molar-refractivity contribution >= 4 is 11.6 Å². The molecule has 1 atom stereocenters. The van der Waals surface area contributed by atoms with Gasteiger partial charge in [0.25, 0.3) is 0 Å². The van der Waals surface area contributed by atoms with E-state index in [4.69, 9.17) is 0 Å². The van der Waals surface area contributed by atoms with Gasteiger partial charge in [-0.05, 0) is 25.5 Å². The third kappa shape index (κ3) is 4.35. The van der Waals surface area contributed by atoms with Gasteiger partial charge in [0.05, 0.1) is 18.4 Å². The second kappa shape index (κ2) is 6.17. The van der Waals surface area contributed by atoms with E-state index in [-0.39, 0.29) is 12.5 Å². The molecule has 88 valence electrons. The molecule has 0 spiro atoms. The third-order valence-corrected chi connectivity index (χ3v) is 2.23. The number of anilines is 1. The smallest absolute Gasteiger partial charge is 0.238 e. The van der Waals surface area contributed by atoms with Gasteiger partial charge in [-0.1, -0.05) is 6.92 Å². The Hall–Kier alpha value is -1.49. The maximum Gasteiger partial charge on any atom is 0.238 e. The summed E-state index contributed by atoms with van der Waals surface area (Å²) in [5.74, 6) is -0.718. The summed E-state index contributed by atoms with van der Waals surface area (Å²) >= 11 is 0. The van der Waals surface area contributed by atoms with E-state index in [0.717, 1.165) is 6.42 Å². The van der Waals surface area contributed by atoms with Crippen molar-refractivity contribution in [3.05, 3.63) is 24.3 Å². The van der Waals surface area contributed by atoms with Crippen LogP contribution in [0.25, 0.3) is 0 Å². The average molecular weight is 225 g/mol. The van der Waals surface area contributed by atoms with Crippen molar-refractivity contribution in [1.29, 1.82) is 0 Å². The van der Waals surface area contributed by atoms with Crippen LogP contribution in [0.3, 0.4) is 0 Å². The first-order chi connectivity index (χ1) is 7.61. The summed E-state index contributed by atoms with van der Waals surface area (Å²) in [6.45, 7) is 4.29. The second-order valence-electron chi connectivity index (χ2n) is 3.61. The Kier molecular flexibility index (Phi) is 4.85. The number of halogens is 1. The molecule has 4 nitrogen and oxygen atoms in total. The molecule has 0 radical (unpaired) electrons. The highest BCUT2D eigenvalue weighted by molar-refractivity contribution is 5.92. The molecule has 2 N–H and O–H groups in total. The van der Waals surface area contributed by atoms with Crippen LogP contribution in [0.4, 0.5) is 10.1 Å². The Morgan fingerprint density at radius 3 is 2.88 bits per heavy atom. The number of carbonyl (C=O) groups excluding carboxylic acids is 1. The first-order valence-corrected chi connectivity index (χ1v) is 5.26. The maximum atomic E-state index is 12.5. The van der Waals surface area contributed by atoms with Gasteiger partial charge in [0.15, 0.2) is 0 Å². The lowest BCUT2D eigenvalue weighted by Gasteiger charge is -2.10. The summed E-state index contributed by atoms with van der Waals surface area (Å²) in [4.78, 5) is 14.9. The van der Waals surface area contributed by atoms with Crippen LogP contribution in [-0.2, 0) is 4.79 Å². The molecule has 1 heterocycles. The van der Waals surface area contributed by atoms with Gasteiger partial charge in [0, 0.05) is 6.04 Å². The van der Waals surface area contributed by atoms with Crippen molar-refractivity contribution in [3.8, 4) is 0 Å². The normalized spacial score (nSPS) is 12.2. The number of rotatable bonds is 5. The van der Waals surface area contributed by atoms with Crippen molar-refractivity contribution in [3.63, 3.8) is 0 Å². The number of pyridine rings is 1. The molecule has 5 heteroatoms. The molecular formula is C11H16FN3O. The molecule has 0 aromatic carbocycles. The third-order valence-electron chi connectivity index (χ3n) is 2.23. The lowest BCUT2D eigenvalue weighted by molar-refractivity contribution is -0.115. The lowest BCUT2D eigenvalue weighted by atomic mass is 10.2. The van der Waals surface area contributed by atoms with E-state index < -0.39 is 5.95 Å². The van der Waals surface area contributed by atoms with Crippen LogP contribution < -0.4 is 10.6 Å². The molecule has 0 aliphatic heterocycles. The molecule has 0 saturated heterocycles. The van der Waals surface area contributed by atoms with Gasteiger partial charge in [-0.25, -0.2) is 4.98 Å². The van der Waals surface area contributed by atoms with Gasteiger partial charge in [0.1, 0.15) is 0 Å².